The van der Waals surface area contributed by atoms with Gasteiger partial charge >= 0.3 is 0 Å². The van der Waals surface area contributed by atoms with E-state index in [1.165, 1.54) is 43.6 Å². The molecule has 0 fully saturated rings. The summed E-state index contributed by atoms with van der Waals surface area (Å²) in [5.74, 6) is 2.63. The van der Waals surface area contributed by atoms with Crippen molar-refractivity contribution in [1.82, 2.24) is 5.32 Å². The van der Waals surface area contributed by atoms with Crippen LogP contribution in [-0.2, 0) is 0 Å². The minimum atomic E-state index is 0.733. The molecule has 1 nitrogen and oxygen atoms in total. The molecule has 0 aliphatic heterocycles. The number of unbranched alkanes of at least 4 members (excludes halogenated alkanes) is 2. The van der Waals surface area contributed by atoms with Gasteiger partial charge < -0.3 is 5.32 Å². The van der Waals surface area contributed by atoms with E-state index in [1.54, 1.807) is 0 Å². The molecule has 0 aromatic carbocycles. The molecular weight excluding hydrogens is 178 g/mol. The first kappa shape index (κ1) is 13.3. The summed E-state index contributed by atoms with van der Waals surface area (Å²) < 4.78 is 0. The molecule has 0 amide bonds. The van der Waals surface area contributed by atoms with E-state index in [4.69, 9.17) is 0 Å². The van der Waals surface area contributed by atoms with Crippen LogP contribution in [-0.4, -0.2) is 24.6 Å². The molecule has 0 saturated carbocycles. The quantitative estimate of drug-likeness (QED) is 0.577. The standard InChI is InChI=1S/C11H25NS/c1-4-6-7-9-13-10-11(12-3)8-5-2/h11-12H,4-10H2,1-3H3. The van der Waals surface area contributed by atoms with Gasteiger partial charge in [0.2, 0.25) is 0 Å². The topological polar surface area (TPSA) is 12.0 Å². The van der Waals surface area contributed by atoms with Crippen LogP contribution < -0.4 is 5.32 Å². The molecule has 0 aliphatic carbocycles. The molecule has 0 aromatic rings. The van der Waals surface area contributed by atoms with Crippen molar-refractivity contribution in [3.63, 3.8) is 0 Å². The van der Waals surface area contributed by atoms with Crippen molar-refractivity contribution in [2.24, 2.45) is 0 Å². The summed E-state index contributed by atoms with van der Waals surface area (Å²) in [6, 6.07) is 0.733. The van der Waals surface area contributed by atoms with Gasteiger partial charge in [0.15, 0.2) is 0 Å². The van der Waals surface area contributed by atoms with Gasteiger partial charge in [0.25, 0.3) is 0 Å². The van der Waals surface area contributed by atoms with Gasteiger partial charge in [0.1, 0.15) is 0 Å². The summed E-state index contributed by atoms with van der Waals surface area (Å²) >= 11 is 2.10. The third kappa shape index (κ3) is 8.63. The zero-order chi connectivity index (χ0) is 9.94. The predicted octanol–water partition coefficient (Wildman–Crippen LogP) is 3.30. The highest BCUT2D eigenvalue weighted by molar-refractivity contribution is 7.99. The Hall–Kier alpha value is 0.310. The van der Waals surface area contributed by atoms with Crippen molar-refractivity contribution in [3.05, 3.63) is 0 Å². The molecule has 0 saturated heterocycles. The SMILES string of the molecule is CCCCCSCC(CCC)NC. The van der Waals surface area contributed by atoms with Gasteiger partial charge in [-0.15, -0.1) is 0 Å². The first-order valence-corrected chi connectivity index (χ1v) is 6.75. The van der Waals surface area contributed by atoms with E-state index >= 15 is 0 Å². The Kier molecular flexibility index (Phi) is 10.6. The second kappa shape index (κ2) is 10.4. The third-order valence-corrected chi connectivity index (χ3v) is 3.47. The van der Waals surface area contributed by atoms with Gasteiger partial charge in [-0.3, -0.25) is 0 Å². The van der Waals surface area contributed by atoms with Crippen molar-refractivity contribution in [1.29, 1.82) is 0 Å². The van der Waals surface area contributed by atoms with E-state index in [2.05, 4.69) is 38.0 Å². The maximum Gasteiger partial charge on any atom is 0.0155 e. The number of nitrogens with one attached hydrogen (secondary N) is 1. The fraction of sp³-hybridized carbons (Fsp3) is 1.00. The Bertz CT molecular complexity index is 96.1. The van der Waals surface area contributed by atoms with Crippen LogP contribution in [0.5, 0.6) is 0 Å². The average Bonchev–Trinajstić information content (AvgIpc) is 2.16. The monoisotopic (exact) mass is 203 g/mol. The zero-order valence-electron chi connectivity index (χ0n) is 9.44. The average molecular weight is 203 g/mol. The van der Waals surface area contributed by atoms with Crippen LogP contribution in [0.4, 0.5) is 0 Å². The molecular formula is C11H25NS. The summed E-state index contributed by atoms with van der Waals surface area (Å²) in [5, 5.41) is 3.37. The molecule has 1 N–H and O–H groups in total. The van der Waals surface area contributed by atoms with Gasteiger partial charge in [0.05, 0.1) is 0 Å². The Balaban J connectivity index is 3.17. The Morgan fingerprint density at radius 3 is 2.46 bits per heavy atom. The summed E-state index contributed by atoms with van der Waals surface area (Å²) in [6.45, 7) is 4.52. The molecule has 0 aromatic heterocycles. The minimum absolute atomic E-state index is 0.733. The van der Waals surface area contributed by atoms with Gasteiger partial charge in [-0.05, 0) is 25.6 Å². The lowest BCUT2D eigenvalue weighted by Gasteiger charge is -2.14. The van der Waals surface area contributed by atoms with Crippen molar-refractivity contribution in [2.75, 3.05) is 18.6 Å². The molecule has 0 rings (SSSR count). The lowest BCUT2D eigenvalue weighted by atomic mass is 10.2. The number of rotatable bonds is 9. The summed E-state index contributed by atoms with van der Waals surface area (Å²) in [5.41, 5.74) is 0. The minimum Gasteiger partial charge on any atom is -0.316 e. The maximum absolute atomic E-state index is 3.37. The van der Waals surface area contributed by atoms with E-state index in [-0.39, 0.29) is 0 Å². The maximum atomic E-state index is 3.37. The van der Waals surface area contributed by atoms with Crippen molar-refractivity contribution in [2.45, 2.75) is 52.0 Å². The molecule has 0 heterocycles. The number of thioether (sulfide) groups is 1. The Morgan fingerprint density at radius 1 is 1.15 bits per heavy atom. The van der Waals surface area contributed by atoms with Crippen LogP contribution in [0.15, 0.2) is 0 Å². The van der Waals surface area contributed by atoms with Crippen molar-refractivity contribution >= 4 is 11.8 Å². The van der Waals surface area contributed by atoms with Crippen LogP contribution in [0.25, 0.3) is 0 Å². The predicted molar refractivity (Wildman–Crippen MR) is 64.6 cm³/mol. The van der Waals surface area contributed by atoms with Crippen molar-refractivity contribution in [3.8, 4) is 0 Å². The molecule has 1 atom stereocenters. The fourth-order valence-corrected chi connectivity index (χ4v) is 2.53. The molecule has 0 bridgehead atoms. The van der Waals surface area contributed by atoms with Crippen LogP contribution >= 0.6 is 11.8 Å². The highest BCUT2D eigenvalue weighted by Crippen LogP contribution is 2.10. The normalized spacial score (nSPS) is 13.2. The van der Waals surface area contributed by atoms with Crippen LogP contribution in [0.2, 0.25) is 0 Å². The first-order chi connectivity index (χ1) is 6.35. The van der Waals surface area contributed by atoms with Crippen LogP contribution in [0.1, 0.15) is 46.0 Å². The van der Waals surface area contributed by atoms with Gasteiger partial charge in [-0.2, -0.15) is 11.8 Å². The zero-order valence-corrected chi connectivity index (χ0v) is 10.3. The largest absolute Gasteiger partial charge is 0.316 e. The van der Waals surface area contributed by atoms with Crippen molar-refractivity contribution < 1.29 is 0 Å². The highest BCUT2D eigenvalue weighted by atomic mass is 32.2. The van der Waals surface area contributed by atoms with Gasteiger partial charge in [0, 0.05) is 11.8 Å². The van der Waals surface area contributed by atoms with E-state index in [9.17, 15) is 0 Å². The fourth-order valence-electron chi connectivity index (χ4n) is 1.34. The molecule has 0 radical (unpaired) electrons. The summed E-state index contributed by atoms with van der Waals surface area (Å²) in [4.78, 5) is 0. The van der Waals surface area contributed by atoms with Gasteiger partial charge in [-0.1, -0.05) is 33.1 Å². The Morgan fingerprint density at radius 2 is 1.92 bits per heavy atom. The molecule has 2 heteroatoms. The van der Waals surface area contributed by atoms with Crippen LogP contribution in [0.3, 0.4) is 0 Å². The van der Waals surface area contributed by atoms with E-state index in [1.807, 2.05) is 0 Å². The number of hydrogen-bond donors (Lipinski definition) is 1. The first-order valence-electron chi connectivity index (χ1n) is 5.60. The van der Waals surface area contributed by atoms with E-state index in [0.717, 1.165) is 6.04 Å². The molecule has 0 aliphatic rings. The second-order valence-electron chi connectivity index (χ2n) is 3.56. The second-order valence-corrected chi connectivity index (χ2v) is 4.71. The smallest absolute Gasteiger partial charge is 0.0155 e. The summed E-state index contributed by atoms with van der Waals surface area (Å²) in [6.07, 6.45) is 6.73. The molecule has 0 spiro atoms. The van der Waals surface area contributed by atoms with E-state index in [0.29, 0.717) is 0 Å². The summed E-state index contributed by atoms with van der Waals surface area (Å²) in [7, 11) is 2.08. The Labute approximate surface area is 88.1 Å². The lowest BCUT2D eigenvalue weighted by molar-refractivity contribution is 0.564. The lowest BCUT2D eigenvalue weighted by Crippen LogP contribution is -2.27. The molecule has 1 unspecified atom stereocenters. The highest BCUT2D eigenvalue weighted by Gasteiger charge is 2.03. The molecule has 80 valence electrons. The number of hydrogen-bond acceptors (Lipinski definition) is 2. The third-order valence-electron chi connectivity index (χ3n) is 2.26. The molecule has 13 heavy (non-hydrogen) atoms. The van der Waals surface area contributed by atoms with Crippen LogP contribution in [0, 0.1) is 0 Å². The van der Waals surface area contributed by atoms with E-state index < -0.39 is 0 Å². The van der Waals surface area contributed by atoms with Gasteiger partial charge in [-0.25, -0.2) is 0 Å².